The molecule has 0 spiro atoms. The summed E-state index contributed by atoms with van der Waals surface area (Å²) in [7, 11) is 0. The summed E-state index contributed by atoms with van der Waals surface area (Å²) >= 11 is 5.63. The van der Waals surface area contributed by atoms with E-state index in [-0.39, 0.29) is 23.7 Å². The molecule has 0 N–H and O–H groups in total. The molecule has 0 aliphatic carbocycles. The molecule has 0 fully saturated rings. The summed E-state index contributed by atoms with van der Waals surface area (Å²) in [6, 6.07) is 5.83. The number of benzene rings is 1. The average molecular weight is 308 g/mol. The van der Waals surface area contributed by atoms with Gasteiger partial charge in [-0.1, -0.05) is 13.8 Å². The Labute approximate surface area is 131 Å². The lowest BCUT2D eigenvalue weighted by atomic mass is 10.0. The number of alkyl halides is 1. The first kappa shape index (κ1) is 16.0. The molecular weight excluding hydrogens is 286 g/mol. The predicted octanol–water partition coefficient (Wildman–Crippen LogP) is 3.82. The molecule has 4 heteroatoms. The zero-order chi connectivity index (χ0) is 15.6. The zero-order valence-electron chi connectivity index (χ0n) is 12.9. The number of anilines is 1. The number of carbonyl (C=O) groups is 2. The third-order valence-electron chi connectivity index (χ3n) is 3.89. The third-order valence-corrected chi connectivity index (χ3v) is 4.15. The summed E-state index contributed by atoms with van der Waals surface area (Å²) in [4.78, 5) is 26.3. The fraction of sp³-hybridized carbons (Fsp3) is 0.529. The molecule has 114 valence electrons. The number of hydrogen-bond acceptors (Lipinski definition) is 2. The highest BCUT2D eigenvalue weighted by Crippen LogP contribution is 2.34. The Morgan fingerprint density at radius 2 is 2.10 bits per heavy atom. The highest BCUT2D eigenvalue weighted by molar-refractivity contribution is 6.18. The molecule has 0 saturated carbocycles. The monoisotopic (exact) mass is 307 g/mol. The molecule has 21 heavy (non-hydrogen) atoms. The van der Waals surface area contributed by atoms with Gasteiger partial charge in [-0.05, 0) is 43.5 Å². The van der Waals surface area contributed by atoms with Crippen molar-refractivity contribution in [1.29, 1.82) is 0 Å². The SMILES string of the molecule is CC(C)C(=O)N1c2ccc(C(=O)CCCCl)cc2CC1C. The van der Waals surface area contributed by atoms with E-state index in [4.69, 9.17) is 11.6 Å². The highest BCUT2D eigenvalue weighted by atomic mass is 35.5. The fourth-order valence-corrected chi connectivity index (χ4v) is 2.92. The van der Waals surface area contributed by atoms with Crippen LogP contribution in [0, 0.1) is 5.92 Å². The van der Waals surface area contributed by atoms with Gasteiger partial charge in [-0.2, -0.15) is 0 Å². The van der Waals surface area contributed by atoms with Crippen LogP contribution in [0.4, 0.5) is 5.69 Å². The van der Waals surface area contributed by atoms with Crippen LogP contribution in [0.3, 0.4) is 0 Å². The van der Waals surface area contributed by atoms with E-state index in [0.717, 1.165) is 23.2 Å². The molecular formula is C17H22ClNO2. The lowest BCUT2D eigenvalue weighted by Crippen LogP contribution is -2.38. The molecule has 1 aliphatic rings. The smallest absolute Gasteiger partial charge is 0.229 e. The van der Waals surface area contributed by atoms with Crippen LogP contribution in [0.25, 0.3) is 0 Å². The third kappa shape index (κ3) is 3.29. The minimum absolute atomic E-state index is 0.0246. The quantitative estimate of drug-likeness (QED) is 0.612. The standard InChI is InChI=1S/C17H22ClNO2/c1-11(2)17(21)19-12(3)9-14-10-13(6-7-15(14)19)16(20)5-4-8-18/h6-7,10-12H,4-5,8-9H2,1-3H3. The Kier molecular flexibility index (Phi) is 5.04. The van der Waals surface area contributed by atoms with E-state index in [2.05, 4.69) is 6.92 Å². The Bertz CT molecular complexity index is 554. The van der Waals surface area contributed by atoms with Gasteiger partial charge in [0.1, 0.15) is 0 Å². The van der Waals surface area contributed by atoms with E-state index >= 15 is 0 Å². The molecule has 2 rings (SSSR count). The summed E-state index contributed by atoms with van der Waals surface area (Å²) in [5.74, 6) is 0.746. The molecule has 0 aromatic heterocycles. The molecule has 3 nitrogen and oxygen atoms in total. The fourth-order valence-electron chi connectivity index (χ4n) is 2.79. The van der Waals surface area contributed by atoms with Crippen molar-refractivity contribution in [3.8, 4) is 0 Å². The lowest BCUT2D eigenvalue weighted by Gasteiger charge is -2.24. The van der Waals surface area contributed by atoms with Crippen LogP contribution in [0.5, 0.6) is 0 Å². The van der Waals surface area contributed by atoms with Crippen molar-refractivity contribution in [3.05, 3.63) is 29.3 Å². The number of rotatable bonds is 5. The Morgan fingerprint density at radius 1 is 1.38 bits per heavy atom. The van der Waals surface area contributed by atoms with Crippen LogP contribution in [-0.4, -0.2) is 23.6 Å². The van der Waals surface area contributed by atoms with Crippen molar-refractivity contribution >= 4 is 29.0 Å². The van der Waals surface area contributed by atoms with E-state index < -0.39 is 0 Å². The maximum atomic E-state index is 12.3. The average Bonchev–Trinajstić information content (AvgIpc) is 2.78. The van der Waals surface area contributed by atoms with Gasteiger partial charge in [0.05, 0.1) is 0 Å². The molecule has 1 aromatic carbocycles. The summed E-state index contributed by atoms with van der Waals surface area (Å²) < 4.78 is 0. The van der Waals surface area contributed by atoms with Gasteiger partial charge in [0, 0.05) is 35.5 Å². The molecule has 1 aliphatic heterocycles. The molecule has 1 amide bonds. The number of amides is 1. The first-order chi connectivity index (χ1) is 9.95. The van der Waals surface area contributed by atoms with Crippen LogP contribution in [-0.2, 0) is 11.2 Å². The van der Waals surface area contributed by atoms with Gasteiger partial charge in [-0.25, -0.2) is 0 Å². The normalized spacial score (nSPS) is 17.2. The summed E-state index contributed by atoms with van der Waals surface area (Å²) in [5, 5.41) is 0. The Morgan fingerprint density at radius 3 is 2.71 bits per heavy atom. The van der Waals surface area contributed by atoms with Crippen molar-refractivity contribution in [3.63, 3.8) is 0 Å². The van der Waals surface area contributed by atoms with Gasteiger partial charge >= 0.3 is 0 Å². The summed E-state index contributed by atoms with van der Waals surface area (Å²) in [6.07, 6.45) is 1.99. The van der Waals surface area contributed by atoms with E-state index in [9.17, 15) is 9.59 Å². The van der Waals surface area contributed by atoms with E-state index in [1.54, 1.807) is 0 Å². The van der Waals surface area contributed by atoms with E-state index in [1.807, 2.05) is 36.9 Å². The van der Waals surface area contributed by atoms with Gasteiger partial charge in [0.25, 0.3) is 0 Å². The van der Waals surface area contributed by atoms with E-state index in [0.29, 0.717) is 18.7 Å². The molecule has 1 unspecified atom stereocenters. The molecule has 1 heterocycles. The number of ketones is 1. The topological polar surface area (TPSA) is 37.4 Å². The number of halogens is 1. The molecule has 0 radical (unpaired) electrons. The lowest BCUT2D eigenvalue weighted by molar-refractivity contribution is -0.121. The maximum Gasteiger partial charge on any atom is 0.229 e. The molecule has 0 bridgehead atoms. The summed E-state index contributed by atoms with van der Waals surface area (Å²) in [6.45, 7) is 5.88. The first-order valence-corrected chi connectivity index (χ1v) is 8.04. The zero-order valence-corrected chi connectivity index (χ0v) is 13.6. The predicted molar refractivity (Wildman–Crippen MR) is 86.2 cm³/mol. The molecule has 0 saturated heterocycles. The van der Waals surface area contributed by atoms with E-state index in [1.165, 1.54) is 0 Å². The Hall–Kier alpha value is -1.35. The number of hydrogen-bond donors (Lipinski definition) is 0. The van der Waals surface area contributed by atoms with Gasteiger partial charge < -0.3 is 4.90 Å². The second-order valence-electron chi connectivity index (χ2n) is 5.98. The van der Waals surface area contributed by atoms with Gasteiger partial charge in [0.15, 0.2) is 5.78 Å². The van der Waals surface area contributed by atoms with Gasteiger partial charge in [-0.3, -0.25) is 9.59 Å². The van der Waals surface area contributed by atoms with Crippen molar-refractivity contribution in [2.45, 2.75) is 46.1 Å². The number of Topliss-reactive ketones (excluding diaryl/α,β-unsaturated/α-hetero) is 1. The van der Waals surface area contributed by atoms with Gasteiger partial charge in [-0.15, -0.1) is 11.6 Å². The molecule has 1 aromatic rings. The van der Waals surface area contributed by atoms with Crippen molar-refractivity contribution in [2.75, 3.05) is 10.8 Å². The molecule has 1 atom stereocenters. The number of fused-ring (bicyclic) bond motifs is 1. The van der Waals surface area contributed by atoms with Crippen molar-refractivity contribution < 1.29 is 9.59 Å². The van der Waals surface area contributed by atoms with Crippen molar-refractivity contribution in [2.24, 2.45) is 5.92 Å². The van der Waals surface area contributed by atoms with Crippen LogP contribution in [0.1, 0.15) is 49.5 Å². The second kappa shape index (κ2) is 6.61. The minimum atomic E-state index is -0.0246. The van der Waals surface area contributed by atoms with Crippen LogP contribution in [0.2, 0.25) is 0 Å². The highest BCUT2D eigenvalue weighted by Gasteiger charge is 2.32. The first-order valence-electron chi connectivity index (χ1n) is 7.51. The van der Waals surface area contributed by atoms with Crippen molar-refractivity contribution in [1.82, 2.24) is 0 Å². The second-order valence-corrected chi connectivity index (χ2v) is 6.35. The van der Waals surface area contributed by atoms with Gasteiger partial charge in [0.2, 0.25) is 5.91 Å². The largest absolute Gasteiger partial charge is 0.309 e. The van der Waals surface area contributed by atoms with Crippen LogP contribution < -0.4 is 4.90 Å². The van der Waals surface area contributed by atoms with Crippen LogP contribution >= 0.6 is 11.6 Å². The Balaban J connectivity index is 2.25. The number of carbonyl (C=O) groups excluding carboxylic acids is 2. The minimum Gasteiger partial charge on any atom is -0.309 e. The van der Waals surface area contributed by atoms with Crippen LogP contribution in [0.15, 0.2) is 18.2 Å². The summed E-state index contributed by atoms with van der Waals surface area (Å²) in [5.41, 5.74) is 2.77. The maximum absolute atomic E-state index is 12.3. The number of nitrogens with zero attached hydrogens (tertiary/aromatic N) is 1.